The number of pyridine rings is 1. The average Bonchev–Trinajstić information content (AvgIpc) is 2.81. The van der Waals surface area contributed by atoms with Crippen molar-refractivity contribution >= 4 is 17.4 Å². The van der Waals surface area contributed by atoms with Gasteiger partial charge in [-0.25, -0.2) is 4.98 Å². The molecule has 0 amide bonds. The normalized spacial score (nSPS) is 9.94. The molecule has 17 heavy (non-hydrogen) atoms. The Balaban J connectivity index is 2.22. The lowest BCUT2D eigenvalue weighted by atomic mass is 10.3. The predicted octanol–water partition coefficient (Wildman–Crippen LogP) is 2.84. The minimum atomic E-state index is 0.311. The summed E-state index contributed by atoms with van der Waals surface area (Å²) in [5, 5.41) is 9.16. The van der Waals surface area contributed by atoms with Gasteiger partial charge in [-0.15, -0.1) is 0 Å². The van der Waals surface area contributed by atoms with Crippen molar-refractivity contribution < 1.29 is 4.42 Å². The number of nitriles is 1. The molecule has 0 unspecified atom stereocenters. The molecule has 5 heteroatoms. The highest BCUT2D eigenvalue weighted by molar-refractivity contribution is 6.29. The van der Waals surface area contributed by atoms with Crippen molar-refractivity contribution in [2.45, 2.75) is 6.54 Å². The molecule has 0 fully saturated rings. The van der Waals surface area contributed by atoms with Gasteiger partial charge in [0.2, 0.25) is 0 Å². The Kier molecular flexibility index (Phi) is 3.31. The van der Waals surface area contributed by atoms with E-state index >= 15 is 0 Å². The lowest BCUT2D eigenvalue weighted by Gasteiger charge is -2.16. The highest BCUT2D eigenvalue weighted by Crippen LogP contribution is 2.18. The van der Waals surface area contributed by atoms with Crippen LogP contribution in [-0.2, 0) is 6.54 Å². The molecule has 0 N–H and O–H groups in total. The summed E-state index contributed by atoms with van der Waals surface area (Å²) >= 11 is 5.84. The molecule has 0 bridgehead atoms. The van der Waals surface area contributed by atoms with Crippen LogP contribution in [0, 0.1) is 11.3 Å². The fraction of sp³-hybridized carbons (Fsp3) is 0.167. The molecular formula is C12H10ClN3O. The van der Waals surface area contributed by atoms with Crippen LogP contribution in [0.5, 0.6) is 0 Å². The van der Waals surface area contributed by atoms with E-state index in [2.05, 4.69) is 4.98 Å². The first kappa shape index (κ1) is 11.5. The Morgan fingerprint density at radius 1 is 1.53 bits per heavy atom. The molecule has 0 atom stereocenters. The van der Waals surface area contributed by atoms with Crippen LogP contribution < -0.4 is 4.90 Å². The first-order chi connectivity index (χ1) is 8.19. The quantitative estimate of drug-likeness (QED) is 0.783. The fourth-order valence-electron chi connectivity index (χ4n) is 1.46. The van der Waals surface area contributed by atoms with Crippen molar-refractivity contribution in [1.82, 2.24) is 4.98 Å². The molecular weight excluding hydrogens is 238 g/mol. The second kappa shape index (κ2) is 4.89. The lowest BCUT2D eigenvalue weighted by Crippen LogP contribution is -2.17. The Morgan fingerprint density at radius 3 is 3.00 bits per heavy atom. The summed E-state index contributed by atoms with van der Waals surface area (Å²) in [6.07, 6.45) is 1.62. The van der Waals surface area contributed by atoms with E-state index in [1.165, 1.54) is 6.07 Å². The van der Waals surface area contributed by atoms with Crippen LogP contribution in [0.15, 0.2) is 34.9 Å². The molecule has 2 aromatic rings. The van der Waals surface area contributed by atoms with Crippen molar-refractivity contribution in [2.75, 3.05) is 11.9 Å². The van der Waals surface area contributed by atoms with Gasteiger partial charge in [0, 0.05) is 7.05 Å². The molecule has 86 valence electrons. The zero-order chi connectivity index (χ0) is 12.3. The Morgan fingerprint density at radius 2 is 2.35 bits per heavy atom. The van der Waals surface area contributed by atoms with E-state index in [9.17, 15) is 0 Å². The third-order valence-corrected chi connectivity index (χ3v) is 2.47. The predicted molar refractivity (Wildman–Crippen MR) is 64.8 cm³/mol. The maximum atomic E-state index is 8.85. The number of aromatic nitrogens is 1. The smallest absolute Gasteiger partial charge is 0.132 e. The van der Waals surface area contributed by atoms with Crippen LogP contribution in [0.1, 0.15) is 11.3 Å². The molecule has 2 aromatic heterocycles. The maximum Gasteiger partial charge on any atom is 0.132 e. The Bertz CT molecular complexity index is 545. The molecule has 0 radical (unpaired) electrons. The molecule has 0 saturated carbocycles. The number of halogens is 1. The van der Waals surface area contributed by atoms with Gasteiger partial charge in [0.1, 0.15) is 16.7 Å². The molecule has 0 aromatic carbocycles. The SMILES string of the molecule is CN(Cc1ccco1)c1cc(C#N)cc(Cl)n1. The summed E-state index contributed by atoms with van der Waals surface area (Å²) in [6.45, 7) is 0.575. The number of hydrogen-bond acceptors (Lipinski definition) is 4. The van der Waals surface area contributed by atoms with Gasteiger partial charge in [0.15, 0.2) is 0 Å². The fourth-order valence-corrected chi connectivity index (χ4v) is 1.66. The second-order valence-electron chi connectivity index (χ2n) is 3.58. The number of rotatable bonds is 3. The monoisotopic (exact) mass is 247 g/mol. The number of hydrogen-bond donors (Lipinski definition) is 0. The van der Waals surface area contributed by atoms with E-state index in [4.69, 9.17) is 21.3 Å². The van der Waals surface area contributed by atoms with E-state index in [0.29, 0.717) is 23.1 Å². The largest absolute Gasteiger partial charge is 0.467 e. The molecule has 0 aliphatic rings. The van der Waals surface area contributed by atoms with Crippen LogP contribution in [0.3, 0.4) is 0 Å². The van der Waals surface area contributed by atoms with Crippen LogP contribution in [0.25, 0.3) is 0 Å². The van der Waals surface area contributed by atoms with Crippen molar-refractivity contribution in [3.8, 4) is 6.07 Å². The highest BCUT2D eigenvalue weighted by Gasteiger charge is 2.08. The molecule has 0 aliphatic heterocycles. The van der Waals surface area contributed by atoms with Crippen molar-refractivity contribution in [1.29, 1.82) is 5.26 Å². The van der Waals surface area contributed by atoms with Gasteiger partial charge < -0.3 is 9.32 Å². The standard InChI is InChI=1S/C12H10ClN3O/c1-16(8-10-3-2-4-17-10)12-6-9(7-14)5-11(13)15-12/h2-6H,8H2,1H3. The summed E-state index contributed by atoms with van der Waals surface area (Å²) < 4.78 is 5.25. The molecule has 0 aliphatic carbocycles. The Labute approximate surface area is 104 Å². The van der Waals surface area contributed by atoms with E-state index in [0.717, 1.165) is 5.76 Å². The molecule has 2 rings (SSSR count). The number of furan rings is 1. The Hall–Kier alpha value is -1.99. The summed E-state index contributed by atoms with van der Waals surface area (Å²) in [4.78, 5) is 6.03. The van der Waals surface area contributed by atoms with Gasteiger partial charge in [-0.2, -0.15) is 5.26 Å². The van der Waals surface area contributed by atoms with Crippen molar-refractivity contribution in [3.05, 3.63) is 47.0 Å². The zero-order valence-electron chi connectivity index (χ0n) is 9.22. The van der Waals surface area contributed by atoms with E-state index in [-0.39, 0.29) is 0 Å². The molecule has 2 heterocycles. The van der Waals surface area contributed by atoms with E-state index in [1.54, 1.807) is 12.3 Å². The summed E-state index contributed by atoms with van der Waals surface area (Å²) in [5.41, 5.74) is 0.492. The summed E-state index contributed by atoms with van der Waals surface area (Å²) in [6, 6.07) is 8.98. The van der Waals surface area contributed by atoms with Crippen LogP contribution in [-0.4, -0.2) is 12.0 Å². The van der Waals surface area contributed by atoms with Gasteiger partial charge in [-0.05, 0) is 24.3 Å². The number of anilines is 1. The first-order valence-corrected chi connectivity index (χ1v) is 5.38. The highest BCUT2D eigenvalue weighted by atomic mass is 35.5. The summed E-state index contributed by atoms with van der Waals surface area (Å²) in [7, 11) is 1.86. The molecule has 4 nitrogen and oxygen atoms in total. The van der Waals surface area contributed by atoms with Crippen LogP contribution in [0.2, 0.25) is 5.15 Å². The first-order valence-electron chi connectivity index (χ1n) is 5.00. The lowest BCUT2D eigenvalue weighted by molar-refractivity contribution is 0.507. The van der Waals surface area contributed by atoms with Crippen LogP contribution in [0.4, 0.5) is 5.82 Å². The minimum absolute atomic E-state index is 0.311. The second-order valence-corrected chi connectivity index (χ2v) is 3.97. The third-order valence-electron chi connectivity index (χ3n) is 2.27. The van der Waals surface area contributed by atoms with E-state index in [1.807, 2.05) is 30.1 Å². The van der Waals surface area contributed by atoms with Gasteiger partial charge in [-0.3, -0.25) is 0 Å². The minimum Gasteiger partial charge on any atom is -0.467 e. The summed E-state index contributed by atoms with van der Waals surface area (Å²) in [5.74, 6) is 1.47. The van der Waals surface area contributed by atoms with Gasteiger partial charge in [-0.1, -0.05) is 11.6 Å². The average molecular weight is 248 g/mol. The van der Waals surface area contributed by atoms with Gasteiger partial charge in [0.05, 0.1) is 24.4 Å². The maximum absolute atomic E-state index is 8.85. The third kappa shape index (κ3) is 2.77. The van der Waals surface area contributed by atoms with Gasteiger partial charge in [0.25, 0.3) is 0 Å². The molecule has 0 spiro atoms. The van der Waals surface area contributed by atoms with E-state index < -0.39 is 0 Å². The zero-order valence-corrected chi connectivity index (χ0v) is 9.98. The molecule has 0 saturated heterocycles. The topological polar surface area (TPSA) is 53.1 Å². The van der Waals surface area contributed by atoms with Crippen LogP contribution >= 0.6 is 11.6 Å². The van der Waals surface area contributed by atoms with Crippen molar-refractivity contribution in [2.24, 2.45) is 0 Å². The van der Waals surface area contributed by atoms with Gasteiger partial charge >= 0.3 is 0 Å². The van der Waals surface area contributed by atoms with Crippen molar-refractivity contribution in [3.63, 3.8) is 0 Å². The number of nitrogens with zero attached hydrogens (tertiary/aromatic N) is 3.